The highest BCUT2D eigenvalue weighted by atomic mass is 16.5. The maximum Gasteiger partial charge on any atom is 0.407 e. The van der Waals surface area contributed by atoms with Crippen molar-refractivity contribution in [3.8, 4) is 0 Å². The van der Waals surface area contributed by atoms with Crippen LogP contribution in [-0.2, 0) is 9.47 Å². The Kier molecular flexibility index (Phi) is 11.0. The fourth-order valence-electron chi connectivity index (χ4n) is 2.46. The molecule has 1 aliphatic carbocycles. The van der Waals surface area contributed by atoms with Gasteiger partial charge in [-0.2, -0.15) is 0 Å². The van der Waals surface area contributed by atoms with Crippen LogP contribution in [0.4, 0.5) is 4.79 Å². The number of ether oxygens (including phenoxy) is 2. The lowest BCUT2D eigenvalue weighted by Gasteiger charge is -2.22. The van der Waals surface area contributed by atoms with E-state index >= 15 is 0 Å². The number of hydrogen-bond acceptors (Lipinski definition) is 4. The van der Waals surface area contributed by atoms with Crippen molar-refractivity contribution in [2.75, 3.05) is 40.0 Å². The average Bonchev–Trinajstić information content (AvgIpc) is 3.37. The van der Waals surface area contributed by atoms with E-state index in [4.69, 9.17) is 9.47 Å². The molecule has 0 aromatic carbocycles. The summed E-state index contributed by atoms with van der Waals surface area (Å²) in [6.07, 6.45) is 4.10. The van der Waals surface area contributed by atoms with Crippen LogP contribution in [0.25, 0.3) is 0 Å². The van der Waals surface area contributed by atoms with E-state index in [1.807, 2.05) is 0 Å². The number of hydrogen-bond donors (Lipinski definition) is 3. The highest BCUT2D eigenvalue weighted by Crippen LogP contribution is 2.28. The lowest BCUT2D eigenvalue weighted by atomic mass is 10.0. The Labute approximate surface area is 152 Å². The van der Waals surface area contributed by atoms with Crippen LogP contribution in [0, 0.1) is 11.8 Å². The molecular formula is C18H36N4O3. The molecule has 0 aromatic rings. The number of nitrogens with zero attached hydrogens (tertiary/aromatic N) is 1. The summed E-state index contributed by atoms with van der Waals surface area (Å²) < 4.78 is 10.6. The van der Waals surface area contributed by atoms with Gasteiger partial charge >= 0.3 is 6.09 Å². The fraction of sp³-hybridized carbons (Fsp3) is 0.889. The third-order valence-electron chi connectivity index (χ3n) is 3.90. The minimum atomic E-state index is -0.370. The number of aliphatic imine (C=N–C) groups is 1. The predicted molar refractivity (Wildman–Crippen MR) is 101 cm³/mol. The van der Waals surface area contributed by atoms with Crippen molar-refractivity contribution in [2.45, 2.75) is 52.5 Å². The monoisotopic (exact) mass is 356 g/mol. The molecule has 0 bridgehead atoms. The highest BCUT2D eigenvalue weighted by Gasteiger charge is 2.20. The Bertz CT molecular complexity index is 398. The summed E-state index contributed by atoms with van der Waals surface area (Å²) in [5.41, 5.74) is 0. The summed E-state index contributed by atoms with van der Waals surface area (Å²) in [6, 6.07) is -0.000486. The number of nitrogens with one attached hydrogen (secondary N) is 3. The van der Waals surface area contributed by atoms with Gasteiger partial charge in [0.05, 0.1) is 6.61 Å². The molecule has 146 valence electrons. The van der Waals surface area contributed by atoms with Crippen LogP contribution < -0.4 is 16.0 Å². The van der Waals surface area contributed by atoms with E-state index in [9.17, 15) is 4.79 Å². The van der Waals surface area contributed by atoms with Gasteiger partial charge in [-0.25, -0.2) is 4.79 Å². The van der Waals surface area contributed by atoms with Gasteiger partial charge < -0.3 is 25.4 Å². The molecule has 0 spiro atoms. The van der Waals surface area contributed by atoms with Gasteiger partial charge in [0.15, 0.2) is 5.96 Å². The molecule has 0 heterocycles. The summed E-state index contributed by atoms with van der Waals surface area (Å²) in [6.45, 7) is 9.54. The Morgan fingerprint density at radius 1 is 1.28 bits per heavy atom. The molecule has 0 radical (unpaired) electrons. The first-order chi connectivity index (χ1) is 12.0. The molecule has 1 unspecified atom stereocenters. The van der Waals surface area contributed by atoms with Crippen LogP contribution in [0.2, 0.25) is 0 Å². The van der Waals surface area contributed by atoms with Crippen LogP contribution in [-0.4, -0.2) is 58.1 Å². The molecular weight excluding hydrogens is 320 g/mol. The number of carbonyl (C=O) groups is 1. The summed E-state index contributed by atoms with van der Waals surface area (Å²) in [5.74, 6) is 2.03. The van der Waals surface area contributed by atoms with Crippen molar-refractivity contribution in [2.24, 2.45) is 16.8 Å². The summed E-state index contributed by atoms with van der Waals surface area (Å²) in [7, 11) is 1.75. The summed E-state index contributed by atoms with van der Waals surface area (Å²) in [4.78, 5) is 15.9. The van der Waals surface area contributed by atoms with E-state index in [0.29, 0.717) is 19.1 Å². The van der Waals surface area contributed by atoms with E-state index in [2.05, 4.69) is 34.8 Å². The Morgan fingerprint density at radius 2 is 2.04 bits per heavy atom. The third-order valence-corrected chi connectivity index (χ3v) is 3.90. The quantitative estimate of drug-likeness (QED) is 0.283. The molecule has 0 saturated heterocycles. The van der Waals surface area contributed by atoms with Crippen molar-refractivity contribution in [1.82, 2.24) is 16.0 Å². The second-order valence-corrected chi connectivity index (χ2v) is 6.94. The first kappa shape index (κ1) is 21.5. The molecule has 0 aliphatic heterocycles. The van der Waals surface area contributed by atoms with Crippen molar-refractivity contribution < 1.29 is 14.3 Å². The molecule has 1 aliphatic rings. The lowest BCUT2D eigenvalue weighted by molar-refractivity contribution is 0.123. The fourth-order valence-corrected chi connectivity index (χ4v) is 2.46. The molecule has 1 amide bonds. The van der Waals surface area contributed by atoms with E-state index in [-0.39, 0.29) is 12.1 Å². The van der Waals surface area contributed by atoms with Crippen molar-refractivity contribution in [3.05, 3.63) is 0 Å². The number of carbonyl (C=O) groups excluding carboxylic acids is 1. The number of alkyl carbamates (subject to hydrolysis) is 1. The predicted octanol–water partition coefficient (Wildman–Crippen LogP) is 2.13. The standard InChI is InChI=1S/C18H36N4O3/c1-5-25-18(23)22-16(11-14(2)3)12-21-17(19-4)20-9-6-10-24-13-15-7-8-15/h14-16H,5-13H2,1-4H3,(H,22,23)(H2,19,20,21). The van der Waals surface area contributed by atoms with Crippen molar-refractivity contribution in [1.29, 1.82) is 0 Å². The van der Waals surface area contributed by atoms with Gasteiger partial charge in [0.1, 0.15) is 0 Å². The van der Waals surface area contributed by atoms with Gasteiger partial charge in [0.25, 0.3) is 0 Å². The van der Waals surface area contributed by atoms with Crippen molar-refractivity contribution in [3.63, 3.8) is 0 Å². The zero-order valence-electron chi connectivity index (χ0n) is 16.3. The van der Waals surface area contributed by atoms with Crippen LogP contribution in [0.1, 0.15) is 46.5 Å². The number of rotatable bonds is 12. The largest absolute Gasteiger partial charge is 0.450 e. The minimum absolute atomic E-state index is 0.000486. The van der Waals surface area contributed by atoms with E-state index in [1.54, 1.807) is 14.0 Å². The van der Waals surface area contributed by atoms with Gasteiger partial charge in [-0.15, -0.1) is 0 Å². The average molecular weight is 357 g/mol. The minimum Gasteiger partial charge on any atom is -0.450 e. The first-order valence-corrected chi connectivity index (χ1v) is 9.50. The van der Waals surface area contributed by atoms with Gasteiger partial charge in [-0.05, 0) is 44.4 Å². The zero-order valence-corrected chi connectivity index (χ0v) is 16.3. The molecule has 0 aromatic heterocycles. The first-order valence-electron chi connectivity index (χ1n) is 9.50. The van der Waals surface area contributed by atoms with Gasteiger partial charge in [0, 0.05) is 39.4 Å². The van der Waals surface area contributed by atoms with Gasteiger partial charge in [0.2, 0.25) is 0 Å². The van der Waals surface area contributed by atoms with E-state index in [0.717, 1.165) is 44.5 Å². The van der Waals surface area contributed by atoms with Gasteiger partial charge in [-0.3, -0.25) is 4.99 Å². The van der Waals surface area contributed by atoms with Crippen LogP contribution in [0.3, 0.4) is 0 Å². The normalized spacial score (nSPS) is 15.8. The lowest BCUT2D eigenvalue weighted by Crippen LogP contribution is -2.47. The van der Waals surface area contributed by atoms with Crippen molar-refractivity contribution >= 4 is 12.1 Å². The topological polar surface area (TPSA) is 84.0 Å². The maximum absolute atomic E-state index is 11.7. The second kappa shape index (κ2) is 12.8. The molecule has 1 fully saturated rings. The number of amides is 1. The summed E-state index contributed by atoms with van der Waals surface area (Å²) >= 11 is 0. The molecule has 7 nitrogen and oxygen atoms in total. The summed E-state index contributed by atoms with van der Waals surface area (Å²) in [5, 5.41) is 9.45. The zero-order chi connectivity index (χ0) is 18.5. The smallest absolute Gasteiger partial charge is 0.407 e. The van der Waals surface area contributed by atoms with Crippen LogP contribution in [0.5, 0.6) is 0 Å². The van der Waals surface area contributed by atoms with Gasteiger partial charge in [-0.1, -0.05) is 13.8 Å². The van der Waals surface area contributed by atoms with E-state index < -0.39 is 0 Å². The third kappa shape index (κ3) is 11.6. The second-order valence-electron chi connectivity index (χ2n) is 6.94. The molecule has 1 atom stereocenters. The van der Waals surface area contributed by atoms with Crippen LogP contribution in [0.15, 0.2) is 4.99 Å². The Balaban J connectivity index is 2.21. The molecule has 25 heavy (non-hydrogen) atoms. The molecule has 1 rings (SSSR count). The Hall–Kier alpha value is -1.50. The molecule has 7 heteroatoms. The molecule has 1 saturated carbocycles. The number of guanidine groups is 1. The maximum atomic E-state index is 11.7. The van der Waals surface area contributed by atoms with E-state index in [1.165, 1.54) is 12.8 Å². The Morgan fingerprint density at radius 3 is 2.64 bits per heavy atom. The molecule has 3 N–H and O–H groups in total. The van der Waals surface area contributed by atoms with Crippen LogP contribution >= 0.6 is 0 Å². The SMILES string of the molecule is CCOC(=O)NC(CNC(=NC)NCCCOCC1CC1)CC(C)C. The highest BCUT2D eigenvalue weighted by molar-refractivity contribution is 5.79.